The highest BCUT2D eigenvalue weighted by Gasteiger charge is 2.33. The summed E-state index contributed by atoms with van der Waals surface area (Å²) in [5.74, 6) is -0.332. The predicted octanol–water partition coefficient (Wildman–Crippen LogP) is 5.54. The quantitative estimate of drug-likeness (QED) is 0.217. The van der Waals surface area contributed by atoms with E-state index in [2.05, 4.69) is 15.5 Å². The molecule has 0 aliphatic carbocycles. The lowest BCUT2D eigenvalue weighted by atomic mass is 9.99. The van der Waals surface area contributed by atoms with Crippen molar-refractivity contribution in [3.05, 3.63) is 89.5 Å². The molecule has 0 aromatic heterocycles. The highest BCUT2D eigenvalue weighted by Crippen LogP contribution is 2.38. The van der Waals surface area contributed by atoms with Crippen molar-refractivity contribution in [3.8, 4) is 0 Å². The molecule has 2 amide bonds. The summed E-state index contributed by atoms with van der Waals surface area (Å²) in [4.78, 5) is 27.3. The molecule has 2 aliphatic heterocycles. The molecule has 2 fully saturated rings. The van der Waals surface area contributed by atoms with Crippen LogP contribution in [-0.2, 0) is 25.7 Å². The Kier molecular flexibility index (Phi) is 10.8. The van der Waals surface area contributed by atoms with Crippen LogP contribution < -0.4 is 16.4 Å². The number of nitrogen functional groups attached to an aromatic ring is 1. The molecule has 0 bridgehead atoms. The van der Waals surface area contributed by atoms with E-state index in [-0.39, 0.29) is 43.5 Å². The number of nitrogens with zero attached hydrogens (tertiary/aromatic N) is 1. The third kappa shape index (κ3) is 8.87. The number of amides is 2. The number of aliphatic hydroxyl groups excluding tert-OH is 1. The Morgan fingerprint density at radius 3 is 2.21 bits per heavy atom. The van der Waals surface area contributed by atoms with Gasteiger partial charge in [0.2, 0.25) is 11.8 Å². The number of anilines is 3. The van der Waals surface area contributed by atoms with Gasteiger partial charge in [-0.05, 0) is 67.7 Å². The first kappa shape index (κ1) is 30.7. The number of ether oxygens (including phenoxy) is 2. The van der Waals surface area contributed by atoms with Crippen molar-refractivity contribution in [2.75, 3.05) is 36.0 Å². The van der Waals surface area contributed by atoms with E-state index >= 15 is 0 Å². The molecule has 3 aromatic carbocycles. The molecule has 0 saturated carbocycles. The molecule has 3 atom stereocenters. The van der Waals surface area contributed by atoms with Crippen LogP contribution in [0.3, 0.4) is 0 Å². The number of para-hydroxylation sites is 2. The topological polar surface area (TPSA) is 126 Å². The normalized spacial score (nSPS) is 20.8. The first-order valence-corrected chi connectivity index (χ1v) is 15.2. The Morgan fingerprint density at radius 2 is 1.51 bits per heavy atom. The van der Waals surface area contributed by atoms with E-state index < -0.39 is 6.29 Å². The zero-order chi connectivity index (χ0) is 30.0. The van der Waals surface area contributed by atoms with E-state index in [0.717, 1.165) is 42.7 Å². The fourth-order valence-electron chi connectivity index (χ4n) is 5.64. The second kappa shape index (κ2) is 15.1. The number of hydrogen-bond donors (Lipinski definition) is 4. The lowest BCUT2D eigenvalue weighted by Crippen LogP contribution is -2.41. The van der Waals surface area contributed by atoms with Crippen LogP contribution in [0.25, 0.3) is 0 Å². The van der Waals surface area contributed by atoms with Gasteiger partial charge in [-0.1, -0.05) is 55.0 Å². The number of carbonyl (C=O) groups is 2. The van der Waals surface area contributed by atoms with Crippen molar-refractivity contribution >= 4 is 28.9 Å². The van der Waals surface area contributed by atoms with Gasteiger partial charge in [0, 0.05) is 37.1 Å². The van der Waals surface area contributed by atoms with Crippen molar-refractivity contribution in [1.82, 2.24) is 4.90 Å². The van der Waals surface area contributed by atoms with Gasteiger partial charge in [-0.25, -0.2) is 0 Å². The Balaban J connectivity index is 1.15. The number of piperidine rings is 1. The van der Waals surface area contributed by atoms with E-state index in [1.165, 1.54) is 19.3 Å². The highest BCUT2D eigenvalue weighted by atomic mass is 16.7. The zero-order valence-electron chi connectivity index (χ0n) is 24.5. The number of benzene rings is 3. The summed E-state index contributed by atoms with van der Waals surface area (Å²) in [7, 11) is 0. The number of nitrogens with two attached hydrogens (primary N) is 1. The van der Waals surface area contributed by atoms with Crippen molar-refractivity contribution in [3.63, 3.8) is 0 Å². The molecule has 3 aromatic rings. The van der Waals surface area contributed by atoms with Crippen LogP contribution in [0.1, 0.15) is 74.0 Å². The second-order valence-electron chi connectivity index (χ2n) is 11.4. The summed E-state index contributed by atoms with van der Waals surface area (Å²) in [6, 6.07) is 22.6. The summed E-state index contributed by atoms with van der Waals surface area (Å²) in [5.41, 5.74) is 10.5. The van der Waals surface area contributed by atoms with Crippen LogP contribution in [0, 0.1) is 0 Å². The van der Waals surface area contributed by atoms with Crippen molar-refractivity contribution < 1.29 is 24.2 Å². The Bertz CT molecular complexity index is 1340. The van der Waals surface area contributed by atoms with E-state index in [1.807, 2.05) is 48.5 Å². The number of hydrogen-bond acceptors (Lipinski definition) is 7. The minimum absolute atomic E-state index is 0.0111. The summed E-state index contributed by atoms with van der Waals surface area (Å²) in [6.07, 6.45) is 4.72. The molecule has 5 N–H and O–H groups in total. The lowest BCUT2D eigenvalue weighted by Gasteiger charge is -2.39. The molecule has 5 rings (SSSR count). The van der Waals surface area contributed by atoms with Crippen LogP contribution >= 0.6 is 0 Å². The van der Waals surface area contributed by atoms with Crippen LogP contribution in [0.15, 0.2) is 72.8 Å². The van der Waals surface area contributed by atoms with Gasteiger partial charge in [0.25, 0.3) is 0 Å². The standard InChI is InChI=1S/C34H42N4O5/c35-29-7-2-3-8-30(29)37-33(41)10-6-9-32(40)36-27-17-15-26(16-18-27)34-42-28(22-38-19-4-1-5-20-38)21-31(43-34)25-13-11-24(23-39)12-14-25/h2-3,7-8,11-18,28,31,34,39H,1,4-6,9-10,19-23,35H2,(H,36,40)(H,37,41). The lowest BCUT2D eigenvalue weighted by molar-refractivity contribution is -0.253. The third-order valence-corrected chi connectivity index (χ3v) is 8.03. The number of rotatable bonds is 11. The van der Waals surface area contributed by atoms with Gasteiger partial charge >= 0.3 is 0 Å². The van der Waals surface area contributed by atoms with E-state index in [0.29, 0.717) is 23.5 Å². The monoisotopic (exact) mass is 586 g/mol. The van der Waals surface area contributed by atoms with Gasteiger partial charge in [0.15, 0.2) is 6.29 Å². The Hall–Kier alpha value is -3.76. The molecular weight excluding hydrogens is 544 g/mol. The molecule has 9 nitrogen and oxygen atoms in total. The van der Waals surface area contributed by atoms with Gasteiger partial charge in [0.05, 0.1) is 30.2 Å². The van der Waals surface area contributed by atoms with Crippen LogP contribution in [0.4, 0.5) is 17.1 Å². The molecule has 43 heavy (non-hydrogen) atoms. The van der Waals surface area contributed by atoms with Gasteiger partial charge in [-0.2, -0.15) is 0 Å². The molecule has 0 spiro atoms. The summed E-state index contributed by atoms with van der Waals surface area (Å²) < 4.78 is 12.9. The minimum atomic E-state index is -0.534. The molecule has 228 valence electrons. The van der Waals surface area contributed by atoms with E-state index in [9.17, 15) is 14.7 Å². The first-order chi connectivity index (χ1) is 21.0. The maximum atomic E-state index is 12.5. The van der Waals surface area contributed by atoms with Gasteiger partial charge in [-0.15, -0.1) is 0 Å². The van der Waals surface area contributed by atoms with Crippen LogP contribution in [-0.4, -0.2) is 47.6 Å². The Labute approximate surface area is 253 Å². The summed E-state index contributed by atoms with van der Waals surface area (Å²) in [5, 5.41) is 15.1. The van der Waals surface area contributed by atoms with Gasteiger partial charge < -0.3 is 35.8 Å². The molecule has 3 unspecified atom stereocenters. The van der Waals surface area contributed by atoms with Crippen molar-refractivity contribution in [2.45, 2.75) is 70.1 Å². The van der Waals surface area contributed by atoms with E-state index in [4.69, 9.17) is 15.2 Å². The number of carbonyl (C=O) groups excluding carboxylic acids is 2. The molecule has 2 saturated heterocycles. The molecular formula is C34H42N4O5. The Morgan fingerprint density at radius 1 is 0.837 bits per heavy atom. The maximum absolute atomic E-state index is 12.5. The summed E-state index contributed by atoms with van der Waals surface area (Å²) >= 11 is 0. The molecule has 2 aliphatic rings. The maximum Gasteiger partial charge on any atom is 0.224 e. The van der Waals surface area contributed by atoms with Crippen LogP contribution in [0.5, 0.6) is 0 Å². The van der Waals surface area contributed by atoms with Crippen molar-refractivity contribution in [2.24, 2.45) is 0 Å². The number of likely N-dealkylation sites (tertiary alicyclic amines) is 1. The molecule has 0 radical (unpaired) electrons. The van der Waals surface area contributed by atoms with Gasteiger partial charge in [0.1, 0.15) is 0 Å². The average Bonchev–Trinajstić information content (AvgIpc) is 3.03. The second-order valence-corrected chi connectivity index (χ2v) is 11.4. The first-order valence-electron chi connectivity index (χ1n) is 15.2. The number of nitrogens with one attached hydrogen (secondary N) is 2. The smallest absolute Gasteiger partial charge is 0.224 e. The number of aliphatic hydroxyl groups is 1. The van der Waals surface area contributed by atoms with E-state index in [1.54, 1.807) is 24.3 Å². The predicted molar refractivity (Wildman–Crippen MR) is 167 cm³/mol. The summed E-state index contributed by atoms with van der Waals surface area (Å²) in [6.45, 7) is 3.08. The third-order valence-electron chi connectivity index (χ3n) is 8.03. The minimum Gasteiger partial charge on any atom is -0.397 e. The van der Waals surface area contributed by atoms with Gasteiger partial charge in [-0.3, -0.25) is 9.59 Å². The molecule has 2 heterocycles. The fourth-order valence-corrected chi connectivity index (χ4v) is 5.64. The SMILES string of the molecule is Nc1ccccc1NC(=O)CCCC(=O)Nc1ccc(C2OC(CN3CCCCC3)CC(c3ccc(CO)cc3)O2)cc1. The largest absolute Gasteiger partial charge is 0.397 e. The zero-order valence-corrected chi connectivity index (χ0v) is 24.5. The average molecular weight is 587 g/mol. The highest BCUT2D eigenvalue weighted by molar-refractivity contribution is 5.94. The molecule has 9 heteroatoms. The fraction of sp³-hybridized carbons (Fsp3) is 0.412. The van der Waals surface area contributed by atoms with Crippen LogP contribution in [0.2, 0.25) is 0 Å². The van der Waals surface area contributed by atoms with Crippen molar-refractivity contribution in [1.29, 1.82) is 0 Å².